The fourth-order valence-electron chi connectivity index (χ4n) is 3.52. The van der Waals surface area contributed by atoms with E-state index in [0.29, 0.717) is 37.0 Å². The van der Waals surface area contributed by atoms with Crippen molar-refractivity contribution in [2.24, 2.45) is 5.92 Å². The molecule has 0 unspecified atom stereocenters. The molecular formula is C18H25ClN2O3S. The highest BCUT2D eigenvalue weighted by atomic mass is 35.5. The van der Waals surface area contributed by atoms with Gasteiger partial charge in [-0.25, -0.2) is 8.42 Å². The predicted octanol–water partition coefficient (Wildman–Crippen LogP) is 3.14. The summed E-state index contributed by atoms with van der Waals surface area (Å²) >= 11 is 5.84. The summed E-state index contributed by atoms with van der Waals surface area (Å²) in [7, 11) is -3.52. The van der Waals surface area contributed by atoms with Crippen molar-refractivity contribution < 1.29 is 13.2 Å². The first-order chi connectivity index (χ1) is 11.8. The Balaban J connectivity index is 1.65. The SMILES string of the molecule is CC(C)N(C(=O)C1CCN(S(=O)(=O)c2ccc(Cl)cc2)CC1)C1CC1. The maximum absolute atomic E-state index is 12.8. The Labute approximate surface area is 155 Å². The van der Waals surface area contributed by atoms with Crippen LogP contribution in [-0.4, -0.2) is 48.7 Å². The summed E-state index contributed by atoms with van der Waals surface area (Å²) in [6.45, 7) is 4.88. The van der Waals surface area contributed by atoms with E-state index in [1.165, 1.54) is 16.4 Å². The number of benzene rings is 1. The number of amides is 1. The van der Waals surface area contributed by atoms with Crippen LogP contribution < -0.4 is 0 Å². The lowest BCUT2D eigenvalue weighted by molar-refractivity contribution is -0.139. The third kappa shape index (κ3) is 4.01. The number of piperidine rings is 1. The molecule has 1 saturated carbocycles. The molecule has 1 amide bonds. The molecule has 1 heterocycles. The molecule has 0 spiro atoms. The lowest BCUT2D eigenvalue weighted by Gasteiger charge is -2.35. The Kier molecular flexibility index (Phi) is 5.42. The first kappa shape index (κ1) is 18.7. The lowest BCUT2D eigenvalue weighted by atomic mass is 9.96. The highest BCUT2D eigenvalue weighted by Gasteiger charge is 2.39. The molecule has 3 rings (SSSR count). The van der Waals surface area contributed by atoms with E-state index < -0.39 is 10.0 Å². The van der Waals surface area contributed by atoms with Crippen LogP contribution in [0.2, 0.25) is 5.02 Å². The van der Waals surface area contributed by atoms with Gasteiger partial charge in [-0.2, -0.15) is 4.31 Å². The van der Waals surface area contributed by atoms with Gasteiger partial charge in [0.2, 0.25) is 15.9 Å². The number of halogens is 1. The van der Waals surface area contributed by atoms with E-state index in [-0.39, 0.29) is 22.8 Å². The van der Waals surface area contributed by atoms with Gasteiger partial charge in [0, 0.05) is 36.1 Å². The van der Waals surface area contributed by atoms with Crippen LogP contribution in [0.25, 0.3) is 0 Å². The van der Waals surface area contributed by atoms with Gasteiger partial charge in [-0.1, -0.05) is 11.6 Å². The quantitative estimate of drug-likeness (QED) is 0.783. The van der Waals surface area contributed by atoms with Crippen LogP contribution in [-0.2, 0) is 14.8 Å². The van der Waals surface area contributed by atoms with Crippen molar-refractivity contribution >= 4 is 27.5 Å². The Morgan fingerprint density at radius 1 is 1.12 bits per heavy atom. The third-order valence-electron chi connectivity index (χ3n) is 5.01. The molecule has 25 heavy (non-hydrogen) atoms. The van der Waals surface area contributed by atoms with E-state index >= 15 is 0 Å². The van der Waals surface area contributed by atoms with E-state index in [1.807, 2.05) is 4.90 Å². The van der Waals surface area contributed by atoms with E-state index in [1.54, 1.807) is 12.1 Å². The summed E-state index contributed by atoms with van der Waals surface area (Å²) < 4.78 is 26.9. The minimum Gasteiger partial charge on any atom is -0.337 e. The number of carbonyl (C=O) groups excluding carboxylic acids is 1. The largest absolute Gasteiger partial charge is 0.337 e. The van der Waals surface area contributed by atoms with Gasteiger partial charge in [-0.15, -0.1) is 0 Å². The zero-order chi connectivity index (χ0) is 18.2. The number of nitrogens with zero attached hydrogens (tertiary/aromatic N) is 2. The topological polar surface area (TPSA) is 57.7 Å². The summed E-state index contributed by atoms with van der Waals surface area (Å²) in [6.07, 6.45) is 3.35. The van der Waals surface area contributed by atoms with Crippen LogP contribution in [0.1, 0.15) is 39.5 Å². The van der Waals surface area contributed by atoms with Crippen LogP contribution in [0.5, 0.6) is 0 Å². The summed E-state index contributed by atoms with van der Waals surface area (Å²) in [4.78, 5) is 15.1. The first-order valence-corrected chi connectivity index (χ1v) is 10.7. The Morgan fingerprint density at radius 2 is 1.68 bits per heavy atom. The molecule has 1 aliphatic carbocycles. The minimum atomic E-state index is -3.52. The Hall–Kier alpha value is -1.11. The minimum absolute atomic E-state index is 0.0698. The van der Waals surface area contributed by atoms with Crippen LogP contribution >= 0.6 is 11.6 Å². The molecule has 7 heteroatoms. The van der Waals surface area contributed by atoms with Crippen molar-refractivity contribution in [3.63, 3.8) is 0 Å². The van der Waals surface area contributed by atoms with Gasteiger partial charge >= 0.3 is 0 Å². The second-order valence-electron chi connectivity index (χ2n) is 7.20. The van der Waals surface area contributed by atoms with Gasteiger partial charge in [0.25, 0.3) is 0 Å². The number of rotatable bonds is 5. The average molecular weight is 385 g/mol. The molecule has 0 radical (unpaired) electrons. The van der Waals surface area contributed by atoms with Crippen LogP contribution in [0.3, 0.4) is 0 Å². The molecule has 0 bridgehead atoms. The maximum Gasteiger partial charge on any atom is 0.243 e. The lowest BCUT2D eigenvalue weighted by Crippen LogP contribution is -2.47. The summed E-state index contributed by atoms with van der Waals surface area (Å²) in [5.74, 6) is 0.126. The second-order valence-corrected chi connectivity index (χ2v) is 9.58. The van der Waals surface area contributed by atoms with Gasteiger partial charge in [-0.05, 0) is 63.8 Å². The molecule has 1 aliphatic heterocycles. The van der Waals surface area contributed by atoms with Crippen LogP contribution in [0.15, 0.2) is 29.2 Å². The molecule has 2 fully saturated rings. The highest BCUT2D eigenvalue weighted by Crippen LogP contribution is 2.33. The fourth-order valence-corrected chi connectivity index (χ4v) is 5.11. The molecule has 1 aromatic carbocycles. The standard InChI is InChI=1S/C18H25ClN2O3S/c1-13(2)21(16-5-6-16)18(22)14-9-11-20(12-10-14)25(23,24)17-7-3-15(19)4-8-17/h3-4,7-8,13-14,16H,5-6,9-12H2,1-2H3. The molecule has 0 aromatic heterocycles. The molecule has 1 aromatic rings. The smallest absolute Gasteiger partial charge is 0.243 e. The highest BCUT2D eigenvalue weighted by molar-refractivity contribution is 7.89. The maximum atomic E-state index is 12.8. The number of carbonyl (C=O) groups is 1. The van der Waals surface area contributed by atoms with Gasteiger partial charge in [0.05, 0.1) is 4.90 Å². The summed E-state index contributed by atoms with van der Waals surface area (Å²) in [6, 6.07) is 6.83. The van der Waals surface area contributed by atoms with Gasteiger partial charge in [0.15, 0.2) is 0 Å². The van der Waals surface area contributed by atoms with Crippen LogP contribution in [0, 0.1) is 5.92 Å². The van der Waals surface area contributed by atoms with E-state index in [9.17, 15) is 13.2 Å². The summed E-state index contributed by atoms with van der Waals surface area (Å²) in [5.41, 5.74) is 0. The van der Waals surface area contributed by atoms with Crippen molar-refractivity contribution in [2.75, 3.05) is 13.1 Å². The van der Waals surface area contributed by atoms with E-state index in [0.717, 1.165) is 12.8 Å². The van der Waals surface area contributed by atoms with Gasteiger partial charge in [0.1, 0.15) is 0 Å². The first-order valence-electron chi connectivity index (χ1n) is 8.88. The predicted molar refractivity (Wildman–Crippen MR) is 97.9 cm³/mol. The van der Waals surface area contributed by atoms with Crippen molar-refractivity contribution in [3.8, 4) is 0 Å². The van der Waals surface area contributed by atoms with Crippen molar-refractivity contribution in [2.45, 2.75) is 56.5 Å². The average Bonchev–Trinajstić information content (AvgIpc) is 3.40. The summed E-state index contributed by atoms with van der Waals surface area (Å²) in [5, 5.41) is 0.511. The molecule has 2 aliphatic rings. The van der Waals surface area contributed by atoms with Gasteiger partial charge in [-0.3, -0.25) is 4.79 Å². The van der Waals surface area contributed by atoms with Crippen LogP contribution in [0.4, 0.5) is 0 Å². The normalized spacial score (nSPS) is 20.0. The second kappa shape index (κ2) is 7.25. The van der Waals surface area contributed by atoms with E-state index in [2.05, 4.69) is 13.8 Å². The zero-order valence-corrected chi connectivity index (χ0v) is 16.3. The zero-order valence-electron chi connectivity index (χ0n) is 14.7. The van der Waals surface area contributed by atoms with Crippen molar-refractivity contribution in [1.29, 1.82) is 0 Å². The molecule has 0 N–H and O–H groups in total. The van der Waals surface area contributed by atoms with Crippen molar-refractivity contribution in [1.82, 2.24) is 9.21 Å². The Morgan fingerprint density at radius 3 is 2.16 bits per heavy atom. The van der Waals surface area contributed by atoms with E-state index in [4.69, 9.17) is 11.6 Å². The molecular weight excluding hydrogens is 360 g/mol. The molecule has 138 valence electrons. The fraction of sp³-hybridized carbons (Fsp3) is 0.611. The third-order valence-corrected chi connectivity index (χ3v) is 7.17. The van der Waals surface area contributed by atoms with Crippen molar-refractivity contribution in [3.05, 3.63) is 29.3 Å². The van der Waals surface area contributed by atoms with Gasteiger partial charge < -0.3 is 4.90 Å². The Bertz CT molecular complexity index is 719. The molecule has 5 nitrogen and oxygen atoms in total. The number of hydrogen-bond donors (Lipinski definition) is 0. The molecule has 0 atom stereocenters. The number of hydrogen-bond acceptors (Lipinski definition) is 3. The molecule has 1 saturated heterocycles. The number of sulfonamides is 1. The monoisotopic (exact) mass is 384 g/mol.